The SMILES string of the molecule is CCn1cc(S(=O)(=O)Nc2nc(C)c(C)s2)cn1. The van der Waals surface area contributed by atoms with Crippen LogP contribution in [0.3, 0.4) is 0 Å². The van der Waals surface area contributed by atoms with Crippen LogP contribution in [0.5, 0.6) is 0 Å². The second kappa shape index (κ2) is 4.69. The molecule has 0 aromatic carbocycles. The Hall–Kier alpha value is -1.41. The number of rotatable bonds is 4. The summed E-state index contributed by atoms with van der Waals surface area (Å²) in [5, 5.41) is 4.33. The minimum atomic E-state index is -3.59. The normalized spacial score (nSPS) is 11.7. The van der Waals surface area contributed by atoms with Crippen LogP contribution in [0.4, 0.5) is 5.13 Å². The highest BCUT2D eigenvalue weighted by atomic mass is 32.2. The van der Waals surface area contributed by atoms with Crippen molar-refractivity contribution in [1.29, 1.82) is 0 Å². The number of hydrogen-bond donors (Lipinski definition) is 1. The van der Waals surface area contributed by atoms with E-state index >= 15 is 0 Å². The van der Waals surface area contributed by atoms with Crippen molar-refractivity contribution in [2.75, 3.05) is 4.72 Å². The van der Waals surface area contributed by atoms with Crippen molar-refractivity contribution in [1.82, 2.24) is 14.8 Å². The Labute approximate surface area is 110 Å². The van der Waals surface area contributed by atoms with E-state index in [0.717, 1.165) is 10.6 Å². The number of aromatic nitrogens is 3. The monoisotopic (exact) mass is 286 g/mol. The summed E-state index contributed by atoms with van der Waals surface area (Å²) in [6, 6.07) is 0. The maximum Gasteiger partial charge on any atom is 0.266 e. The van der Waals surface area contributed by atoms with Crippen LogP contribution in [-0.2, 0) is 16.6 Å². The molecule has 98 valence electrons. The molecule has 0 bridgehead atoms. The molecule has 2 rings (SSSR count). The predicted octanol–water partition coefficient (Wildman–Crippen LogP) is 1.78. The highest BCUT2D eigenvalue weighted by molar-refractivity contribution is 7.93. The molecule has 0 atom stereocenters. The Morgan fingerprint density at radius 2 is 2.17 bits per heavy atom. The van der Waals surface area contributed by atoms with Gasteiger partial charge in [-0.25, -0.2) is 13.4 Å². The van der Waals surface area contributed by atoms with Gasteiger partial charge in [0.05, 0.1) is 11.9 Å². The molecule has 0 spiro atoms. The molecule has 0 saturated carbocycles. The summed E-state index contributed by atoms with van der Waals surface area (Å²) >= 11 is 1.32. The van der Waals surface area contributed by atoms with E-state index in [1.54, 1.807) is 4.68 Å². The van der Waals surface area contributed by atoms with E-state index in [1.807, 2.05) is 20.8 Å². The zero-order valence-electron chi connectivity index (χ0n) is 10.3. The van der Waals surface area contributed by atoms with Crippen molar-refractivity contribution in [3.05, 3.63) is 23.0 Å². The number of thiazole rings is 1. The molecule has 0 fully saturated rings. The molecule has 2 heterocycles. The molecule has 0 aliphatic rings. The van der Waals surface area contributed by atoms with E-state index < -0.39 is 10.0 Å². The number of hydrogen-bond acceptors (Lipinski definition) is 5. The van der Waals surface area contributed by atoms with Crippen molar-refractivity contribution in [2.24, 2.45) is 0 Å². The highest BCUT2D eigenvalue weighted by Gasteiger charge is 2.18. The first kappa shape index (κ1) is 13.0. The minimum absolute atomic E-state index is 0.148. The summed E-state index contributed by atoms with van der Waals surface area (Å²) in [5.74, 6) is 0. The summed E-state index contributed by atoms with van der Waals surface area (Å²) in [7, 11) is -3.59. The van der Waals surface area contributed by atoms with Crippen LogP contribution < -0.4 is 4.72 Å². The van der Waals surface area contributed by atoms with E-state index in [4.69, 9.17) is 0 Å². The molecular weight excluding hydrogens is 272 g/mol. The third-order valence-electron chi connectivity index (χ3n) is 2.49. The average Bonchev–Trinajstić information content (AvgIpc) is 2.86. The van der Waals surface area contributed by atoms with Crippen LogP contribution in [0.2, 0.25) is 0 Å². The van der Waals surface area contributed by atoms with Crippen molar-refractivity contribution in [3.8, 4) is 0 Å². The van der Waals surface area contributed by atoms with Crippen molar-refractivity contribution >= 4 is 26.5 Å². The van der Waals surface area contributed by atoms with E-state index in [1.165, 1.54) is 23.7 Å². The Morgan fingerprint density at radius 3 is 2.67 bits per heavy atom. The molecule has 0 aliphatic carbocycles. The molecule has 0 amide bonds. The minimum Gasteiger partial charge on any atom is -0.272 e. The van der Waals surface area contributed by atoms with E-state index in [0.29, 0.717) is 11.7 Å². The van der Waals surface area contributed by atoms with Gasteiger partial charge in [-0.15, -0.1) is 11.3 Å². The van der Waals surface area contributed by atoms with Gasteiger partial charge in [0.25, 0.3) is 10.0 Å². The molecule has 0 radical (unpaired) electrons. The Balaban J connectivity index is 2.26. The maximum atomic E-state index is 12.1. The highest BCUT2D eigenvalue weighted by Crippen LogP contribution is 2.23. The summed E-state index contributed by atoms with van der Waals surface area (Å²) in [6.45, 7) is 6.27. The first-order chi connectivity index (χ1) is 8.42. The third kappa shape index (κ3) is 2.54. The van der Waals surface area contributed by atoms with E-state index in [-0.39, 0.29) is 4.90 Å². The Morgan fingerprint density at radius 1 is 1.44 bits per heavy atom. The van der Waals surface area contributed by atoms with Crippen LogP contribution in [0, 0.1) is 13.8 Å². The molecule has 0 aliphatic heterocycles. The van der Waals surface area contributed by atoms with Crippen LogP contribution in [0.15, 0.2) is 17.3 Å². The number of sulfonamides is 1. The predicted molar refractivity (Wildman–Crippen MR) is 70.3 cm³/mol. The number of anilines is 1. The zero-order chi connectivity index (χ0) is 13.3. The van der Waals surface area contributed by atoms with Crippen LogP contribution in [0.1, 0.15) is 17.5 Å². The molecule has 1 N–H and O–H groups in total. The van der Waals surface area contributed by atoms with Gasteiger partial charge in [0.15, 0.2) is 5.13 Å². The van der Waals surface area contributed by atoms with E-state index in [9.17, 15) is 8.42 Å². The lowest BCUT2D eigenvalue weighted by molar-refractivity contribution is 0.600. The molecular formula is C10H14N4O2S2. The smallest absolute Gasteiger partial charge is 0.266 e. The number of nitrogens with one attached hydrogen (secondary N) is 1. The summed E-state index contributed by atoms with van der Waals surface area (Å²) in [4.78, 5) is 5.29. The molecule has 2 aromatic heterocycles. The van der Waals surface area contributed by atoms with Gasteiger partial charge in [0.2, 0.25) is 0 Å². The second-order valence-corrected chi connectivity index (χ2v) is 6.68. The first-order valence-electron chi connectivity index (χ1n) is 5.41. The fourth-order valence-corrected chi connectivity index (χ4v) is 3.35. The molecule has 6 nitrogen and oxygen atoms in total. The van der Waals surface area contributed by atoms with Crippen molar-refractivity contribution in [2.45, 2.75) is 32.2 Å². The van der Waals surface area contributed by atoms with Gasteiger partial charge >= 0.3 is 0 Å². The molecule has 0 unspecified atom stereocenters. The lowest BCUT2D eigenvalue weighted by Gasteiger charge is -2.01. The first-order valence-corrected chi connectivity index (χ1v) is 7.71. The van der Waals surface area contributed by atoms with Gasteiger partial charge in [-0.3, -0.25) is 9.40 Å². The molecule has 2 aromatic rings. The summed E-state index contributed by atoms with van der Waals surface area (Å²) in [6.07, 6.45) is 2.83. The average molecular weight is 286 g/mol. The summed E-state index contributed by atoms with van der Waals surface area (Å²) < 4.78 is 28.1. The molecule has 0 saturated heterocycles. The third-order valence-corrected chi connectivity index (χ3v) is 4.91. The van der Waals surface area contributed by atoms with Gasteiger partial charge in [-0.1, -0.05) is 0 Å². The Kier molecular flexibility index (Phi) is 3.40. The van der Waals surface area contributed by atoms with Crippen molar-refractivity contribution in [3.63, 3.8) is 0 Å². The molecule has 18 heavy (non-hydrogen) atoms. The van der Waals surface area contributed by atoms with Crippen molar-refractivity contribution < 1.29 is 8.42 Å². The number of aryl methyl sites for hydroxylation is 3. The number of nitrogens with zero attached hydrogens (tertiary/aromatic N) is 3. The summed E-state index contributed by atoms with van der Waals surface area (Å²) in [5.41, 5.74) is 0.835. The largest absolute Gasteiger partial charge is 0.272 e. The van der Waals surface area contributed by atoms with Gasteiger partial charge < -0.3 is 0 Å². The van der Waals surface area contributed by atoms with Crippen LogP contribution >= 0.6 is 11.3 Å². The Bertz CT molecular complexity index is 638. The lowest BCUT2D eigenvalue weighted by Crippen LogP contribution is -2.12. The maximum absolute atomic E-state index is 12.1. The topological polar surface area (TPSA) is 76.9 Å². The zero-order valence-corrected chi connectivity index (χ0v) is 12.0. The molecule has 8 heteroatoms. The fourth-order valence-electron chi connectivity index (χ4n) is 1.35. The van der Waals surface area contributed by atoms with Crippen LogP contribution in [0.25, 0.3) is 0 Å². The van der Waals surface area contributed by atoms with Gasteiger partial charge in [-0.05, 0) is 20.8 Å². The standard InChI is InChI=1S/C10H14N4O2S2/c1-4-14-6-9(5-11-14)18(15,16)13-10-12-7(2)8(3)17-10/h5-6H,4H2,1-3H3,(H,12,13). The second-order valence-electron chi connectivity index (χ2n) is 3.80. The van der Waals surface area contributed by atoms with Gasteiger partial charge in [-0.2, -0.15) is 5.10 Å². The lowest BCUT2D eigenvalue weighted by atomic mass is 10.4. The quantitative estimate of drug-likeness (QED) is 0.929. The van der Waals surface area contributed by atoms with Gasteiger partial charge in [0, 0.05) is 17.6 Å². The van der Waals surface area contributed by atoms with Gasteiger partial charge in [0.1, 0.15) is 4.90 Å². The van der Waals surface area contributed by atoms with Crippen LogP contribution in [-0.4, -0.2) is 23.2 Å². The fraction of sp³-hybridized carbons (Fsp3) is 0.400. The van der Waals surface area contributed by atoms with E-state index in [2.05, 4.69) is 14.8 Å².